The second-order valence-electron chi connectivity index (χ2n) is 2.92. The Morgan fingerprint density at radius 1 is 1.42 bits per heavy atom. The summed E-state index contributed by atoms with van der Waals surface area (Å²) in [6.07, 6.45) is 4.12. The molecule has 0 saturated heterocycles. The van der Waals surface area contributed by atoms with Crippen LogP contribution in [0.4, 0.5) is 0 Å². The van der Waals surface area contributed by atoms with E-state index < -0.39 is 0 Å². The number of nitrogens with one attached hydrogen (secondary N) is 1. The van der Waals surface area contributed by atoms with Crippen molar-refractivity contribution in [2.45, 2.75) is 20.9 Å². The molecule has 1 heterocycles. The summed E-state index contributed by atoms with van der Waals surface area (Å²) in [5.41, 5.74) is 4.07. The fraction of sp³-hybridized carbons (Fsp3) is 0.273. The SMILES string of the molecule is C.Cc1ccc2c(c1)C=CNC2.[HH]. The molecule has 12 heavy (non-hydrogen) atoms. The van der Waals surface area contributed by atoms with Crippen LogP contribution in [0.3, 0.4) is 0 Å². The lowest BCUT2D eigenvalue weighted by atomic mass is 10.0. The van der Waals surface area contributed by atoms with Crippen LogP contribution in [-0.2, 0) is 6.54 Å². The van der Waals surface area contributed by atoms with E-state index in [9.17, 15) is 0 Å². The summed E-state index contributed by atoms with van der Waals surface area (Å²) in [5, 5.41) is 3.18. The summed E-state index contributed by atoms with van der Waals surface area (Å²) in [6.45, 7) is 3.09. The zero-order valence-electron chi connectivity index (χ0n) is 6.59. The quantitative estimate of drug-likeness (QED) is 0.620. The molecule has 0 aromatic heterocycles. The third-order valence-corrected chi connectivity index (χ3v) is 1.97. The van der Waals surface area contributed by atoms with Crippen LogP contribution in [0.25, 0.3) is 6.08 Å². The van der Waals surface area contributed by atoms with Crippen LogP contribution in [0.1, 0.15) is 25.5 Å². The second kappa shape index (κ2) is 3.44. The molecule has 0 atom stereocenters. The summed E-state index contributed by atoms with van der Waals surface area (Å²) in [5.74, 6) is 0. The van der Waals surface area contributed by atoms with Crippen molar-refractivity contribution in [3.05, 3.63) is 41.1 Å². The lowest BCUT2D eigenvalue weighted by molar-refractivity contribution is 0.858. The largest absolute Gasteiger partial charge is 0.387 e. The molecule has 1 aliphatic rings. The fourth-order valence-corrected chi connectivity index (χ4v) is 1.35. The molecule has 0 unspecified atom stereocenters. The van der Waals surface area contributed by atoms with Gasteiger partial charge in [0.2, 0.25) is 0 Å². The molecule has 1 nitrogen and oxygen atoms in total. The van der Waals surface area contributed by atoms with Crippen molar-refractivity contribution in [2.24, 2.45) is 0 Å². The van der Waals surface area contributed by atoms with Gasteiger partial charge in [0.15, 0.2) is 0 Å². The van der Waals surface area contributed by atoms with Crippen LogP contribution >= 0.6 is 0 Å². The highest BCUT2D eigenvalue weighted by Crippen LogP contribution is 2.15. The first-order chi connectivity index (χ1) is 5.36. The standard InChI is InChI=1S/C10H11N.CH4.H2/c1-8-2-3-10-7-11-5-4-9(10)6-8;;/h2-6,11H,7H2,1H3;1H4;1H. The Bertz CT molecular complexity index is 305. The van der Waals surface area contributed by atoms with E-state index in [0.29, 0.717) is 0 Å². The second-order valence-corrected chi connectivity index (χ2v) is 2.92. The summed E-state index contributed by atoms with van der Waals surface area (Å²) in [4.78, 5) is 0. The fourth-order valence-electron chi connectivity index (χ4n) is 1.35. The van der Waals surface area contributed by atoms with Crippen LogP contribution < -0.4 is 5.32 Å². The van der Waals surface area contributed by atoms with Crippen molar-refractivity contribution in [3.8, 4) is 0 Å². The number of fused-ring (bicyclic) bond motifs is 1. The van der Waals surface area contributed by atoms with Crippen molar-refractivity contribution >= 4 is 6.08 Å². The summed E-state index contributed by atoms with van der Waals surface area (Å²) < 4.78 is 0. The molecular weight excluding hydrogens is 146 g/mol. The van der Waals surface area contributed by atoms with Gasteiger partial charge >= 0.3 is 0 Å². The lowest BCUT2D eigenvalue weighted by Crippen LogP contribution is -2.09. The third-order valence-electron chi connectivity index (χ3n) is 1.97. The lowest BCUT2D eigenvalue weighted by Gasteiger charge is -2.11. The Balaban J connectivity index is 0.000000720. The Hall–Kier alpha value is -1.24. The van der Waals surface area contributed by atoms with Crippen LogP contribution in [0.2, 0.25) is 0 Å². The van der Waals surface area contributed by atoms with E-state index >= 15 is 0 Å². The minimum Gasteiger partial charge on any atom is -0.387 e. The Morgan fingerprint density at radius 3 is 3.08 bits per heavy atom. The molecule has 1 N–H and O–H groups in total. The maximum absolute atomic E-state index is 3.18. The average molecular weight is 163 g/mol. The molecule has 0 bridgehead atoms. The number of rotatable bonds is 0. The molecule has 1 aromatic carbocycles. The van der Waals surface area contributed by atoms with Crippen molar-refractivity contribution in [1.82, 2.24) is 5.32 Å². The summed E-state index contributed by atoms with van der Waals surface area (Å²) >= 11 is 0. The maximum atomic E-state index is 3.18. The van der Waals surface area contributed by atoms with Crippen molar-refractivity contribution in [1.29, 1.82) is 0 Å². The van der Waals surface area contributed by atoms with Gasteiger partial charge in [-0.1, -0.05) is 31.2 Å². The number of aryl methyl sites for hydroxylation is 1. The topological polar surface area (TPSA) is 12.0 Å². The van der Waals surface area contributed by atoms with Gasteiger partial charge in [0, 0.05) is 7.97 Å². The highest BCUT2D eigenvalue weighted by Gasteiger charge is 2.01. The van der Waals surface area contributed by atoms with Gasteiger partial charge in [-0.05, 0) is 30.3 Å². The van der Waals surface area contributed by atoms with Crippen molar-refractivity contribution in [2.75, 3.05) is 0 Å². The minimum atomic E-state index is 0. The smallest absolute Gasteiger partial charge is 0.0401 e. The maximum Gasteiger partial charge on any atom is 0.0401 e. The minimum absolute atomic E-state index is 0. The van der Waals surface area contributed by atoms with E-state index in [1.54, 1.807) is 0 Å². The molecule has 66 valence electrons. The van der Waals surface area contributed by atoms with E-state index in [4.69, 9.17) is 0 Å². The molecule has 1 heteroatoms. The normalized spacial score (nSPS) is 12.8. The summed E-state index contributed by atoms with van der Waals surface area (Å²) in [7, 11) is 0. The van der Waals surface area contributed by atoms with E-state index in [2.05, 4.69) is 36.5 Å². The first-order valence-corrected chi connectivity index (χ1v) is 3.86. The Kier molecular flexibility index (Phi) is 2.54. The molecular formula is C11H17N. The monoisotopic (exact) mass is 163 g/mol. The van der Waals surface area contributed by atoms with E-state index in [1.165, 1.54) is 16.7 Å². The van der Waals surface area contributed by atoms with Gasteiger partial charge in [-0.3, -0.25) is 0 Å². The molecule has 0 saturated carbocycles. The van der Waals surface area contributed by atoms with Crippen LogP contribution in [0, 0.1) is 6.92 Å². The van der Waals surface area contributed by atoms with Crippen LogP contribution in [0.5, 0.6) is 0 Å². The predicted molar refractivity (Wildman–Crippen MR) is 55.9 cm³/mol. The molecule has 1 aliphatic heterocycles. The van der Waals surface area contributed by atoms with Gasteiger partial charge in [0.05, 0.1) is 0 Å². The number of hydrogen-bond donors (Lipinski definition) is 1. The van der Waals surface area contributed by atoms with E-state index in [0.717, 1.165) is 6.54 Å². The van der Waals surface area contributed by atoms with Gasteiger partial charge in [0.25, 0.3) is 0 Å². The van der Waals surface area contributed by atoms with E-state index in [1.807, 2.05) is 6.20 Å². The third kappa shape index (κ3) is 1.50. The number of benzene rings is 1. The van der Waals surface area contributed by atoms with Gasteiger partial charge in [-0.2, -0.15) is 0 Å². The van der Waals surface area contributed by atoms with Crippen LogP contribution in [-0.4, -0.2) is 0 Å². The predicted octanol–water partition coefficient (Wildman–Crippen LogP) is 2.95. The number of hydrogen-bond acceptors (Lipinski definition) is 1. The molecule has 0 amide bonds. The zero-order chi connectivity index (χ0) is 7.68. The Labute approximate surface area is 75.6 Å². The van der Waals surface area contributed by atoms with Gasteiger partial charge < -0.3 is 5.32 Å². The van der Waals surface area contributed by atoms with Gasteiger partial charge in [-0.25, -0.2) is 0 Å². The molecule has 0 spiro atoms. The van der Waals surface area contributed by atoms with Crippen molar-refractivity contribution in [3.63, 3.8) is 0 Å². The molecule has 0 fully saturated rings. The first-order valence-electron chi connectivity index (χ1n) is 3.86. The van der Waals surface area contributed by atoms with Gasteiger partial charge in [0.1, 0.15) is 0 Å². The Morgan fingerprint density at radius 2 is 2.25 bits per heavy atom. The first kappa shape index (κ1) is 8.85. The van der Waals surface area contributed by atoms with Crippen molar-refractivity contribution < 1.29 is 1.43 Å². The zero-order valence-corrected chi connectivity index (χ0v) is 6.59. The molecule has 2 rings (SSSR count). The highest BCUT2D eigenvalue weighted by atomic mass is 14.8. The molecule has 0 radical (unpaired) electrons. The molecule has 0 aliphatic carbocycles. The van der Waals surface area contributed by atoms with Crippen LogP contribution in [0.15, 0.2) is 24.4 Å². The average Bonchev–Trinajstić information content (AvgIpc) is 2.04. The highest BCUT2D eigenvalue weighted by molar-refractivity contribution is 5.56. The molecule has 1 aromatic rings. The summed E-state index contributed by atoms with van der Waals surface area (Å²) in [6, 6.07) is 6.55. The van der Waals surface area contributed by atoms with E-state index in [-0.39, 0.29) is 8.85 Å². The van der Waals surface area contributed by atoms with Gasteiger partial charge in [-0.15, -0.1) is 0 Å².